The number of hydrogen-bond acceptors (Lipinski definition) is 4. The van der Waals surface area contributed by atoms with E-state index in [9.17, 15) is 19.8 Å². The number of hydrogen-bond donors (Lipinski definition) is 0. The topological polar surface area (TPSA) is 80.3 Å². The molecule has 5 heteroatoms. The van der Waals surface area contributed by atoms with Gasteiger partial charge in [-0.3, -0.25) is 0 Å². The first-order valence-corrected chi connectivity index (χ1v) is 17.9. The fraction of sp³-hybridized carbons (Fsp3) is 0.944. The predicted molar refractivity (Wildman–Crippen MR) is 169 cm³/mol. The maximum atomic E-state index is 10.2. The molecule has 0 saturated carbocycles. The number of carboxylic acids is 2. The summed E-state index contributed by atoms with van der Waals surface area (Å²) in [6.07, 6.45) is 39.7. The second-order valence-electron chi connectivity index (χ2n) is 12.1. The summed E-state index contributed by atoms with van der Waals surface area (Å²) in [5, 5.41) is 20.4. The van der Waals surface area contributed by atoms with E-state index in [1.54, 1.807) is 0 Å². The van der Waals surface area contributed by atoms with Crippen molar-refractivity contribution in [1.29, 1.82) is 0 Å². The summed E-state index contributed by atoms with van der Waals surface area (Å²) in [6, 6.07) is 0. The molecule has 0 saturated heterocycles. The van der Waals surface area contributed by atoms with Gasteiger partial charge in [0.25, 0.3) is 0 Å². The standard InChI is InChI=1S/2C18H36O2.Pd/c2*1-2-3-4-5-6-7-8-9-10-11-12-13-14-15-16-17-18(19)20;/h2*2-17H2,1H3,(H,19,20);/q;;+2/p-2. The van der Waals surface area contributed by atoms with Crippen molar-refractivity contribution in [2.45, 2.75) is 219 Å². The predicted octanol–water partition coefficient (Wildman–Crippen LogP) is 9.99. The van der Waals surface area contributed by atoms with Crippen molar-refractivity contribution in [1.82, 2.24) is 0 Å². The van der Waals surface area contributed by atoms with Crippen molar-refractivity contribution < 1.29 is 40.2 Å². The molecule has 0 aliphatic rings. The van der Waals surface area contributed by atoms with Crippen molar-refractivity contribution in [2.24, 2.45) is 0 Å². The third-order valence-electron chi connectivity index (χ3n) is 7.97. The van der Waals surface area contributed by atoms with Crippen LogP contribution in [-0.2, 0) is 30.0 Å². The van der Waals surface area contributed by atoms with E-state index in [0.717, 1.165) is 25.7 Å². The molecular weight excluding hydrogens is 603 g/mol. The van der Waals surface area contributed by atoms with E-state index in [-0.39, 0.29) is 33.3 Å². The minimum Gasteiger partial charge on any atom is -0.550 e. The van der Waals surface area contributed by atoms with Crippen LogP contribution in [0.25, 0.3) is 0 Å². The van der Waals surface area contributed by atoms with Crippen LogP contribution in [0.1, 0.15) is 219 Å². The Hall–Kier alpha value is -0.398. The Kier molecular flexibility index (Phi) is 45.8. The van der Waals surface area contributed by atoms with E-state index in [1.165, 1.54) is 167 Å². The fourth-order valence-electron chi connectivity index (χ4n) is 5.28. The van der Waals surface area contributed by atoms with E-state index in [1.807, 2.05) is 0 Å². The molecule has 0 amide bonds. The number of rotatable bonds is 32. The molecule has 0 aliphatic heterocycles. The molecule has 0 bridgehead atoms. The van der Waals surface area contributed by atoms with Crippen molar-refractivity contribution in [3.05, 3.63) is 0 Å². The fourth-order valence-corrected chi connectivity index (χ4v) is 5.28. The van der Waals surface area contributed by atoms with Crippen LogP contribution in [0.3, 0.4) is 0 Å². The van der Waals surface area contributed by atoms with Gasteiger partial charge in [-0.25, -0.2) is 0 Å². The number of unbranched alkanes of at least 4 members (excludes halogenated alkanes) is 28. The second kappa shape index (κ2) is 41.7. The molecule has 248 valence electrons. The maximum Gasteiger partial charge on any atom is 2.00 e. The largest absolute Gasteiger partial charge is 2.00 e. The number of aliphatic carboxylic acids is 2. The van der Waals surface area contributed by atoms with Crippen molar-refractivity contribution in [3.8, 4) is 0 Å². The van der Waals surface area contributed by atoms with Gasteiger partial charge in [0.2, 0.25) is 0 Å². The van der Waals surface area contributed by atoms with Crippen molar-refractivity contribution >= 4 is 11.9 Å². The number of carboxylic acid groups (broad SMARTS) is 2. The van der Waals surface area contributed by atoms with Gasteiger partial charge in [0.1, 0.15) is 0 Å². The van der Waals surface area contributed by atoms with Crippen LogP contribution in [0.2, 0.25) is 0 Å². The Morgan fingerprint density at radius 2 is 0.463 bits per heavy atom. The molecule has 0 atom stereocenters. The second-order valence-corrected chi connectivity index (χ2v) is 12.1. The third kappa shape index (κ3) is 49.6. The molecule has 0 rings (SSSR count). The molecule has 0 aromatic carbocycles. The van der Waals surface area contributed by atoms with Crippen LogP contribution >= 0.6 is 0 Å². The number of carbonyl (C=O) groups is 2. The summed E-state index contributed by atoms with van der Waals surface area (Å²) in [5.74, 6) is -1.81. The summed E-state index contributed by atoms with van der Waals surface area (Å²) < 4.78 is 0. The molecule has 0 radical (unpaired) electrons. The molecule has 0 heterocycles. The molecule has 0 spiro atoms. The molecule has 0 fully saturated rings. The van der Waals surface area contributed by atoms with Gasteiger partial charge in [-0.05, 0) is 25.7 Å². The normalized spacial score (nSPS) is 10.6. The zero-order valence-electron chi connectivity index (χ0n) is 27.6. The SMILES string of the molecule is CCCCCCCCCCCCCCCCCC(=O)[O-].CCCCCCCCCCCCCCCCCC(=O)[O-].[Pd+2]. The van der Waals surface area contributed by atoms with Crippen LogP contribution in [0.15, 0.2) is 0 Å². The van der Waals surface area contributed by atoms with Crippen LogP contribution in [0.5, 0.6) is 0 Å². The Morgan fingerprint density at radius 3 is 0.610 bits per heavy atom. The van der Waals surface area contributed by atoms with Crippen molar-refractivity contribution in [2.75, 3.05) is 0 Å². The Morgan fingerprint density at radius 1 is 0.317 bits per heavy atom. The monoisotopic (exact) mass is 672 g/mol. The summed E-state index contributed by atoms with van der Waals surface area (Å²) >= 11 is 0. The number of carbonyl (C=O) groups excluding carboxylic acids is 2. The zero-order chi connectivity index (χ0) is 29.8. The summed E-state index contributed by atoms with van der Waals surface area (Å²) in [4.78, 5) is 20.4. The van der Waals surface area contributed by atoms with E-state index in [0.29, 0.717) is 0 Å². The first-order chi connectivity index (χ1) is 19.5. The quantitative estimate of drug-likeness (QED) is 0.0526. The smallest absolute Gasteiger partial charge is 0.550 e. The van der Waals surface area contributed by atoms with Gasteiger partial charge in [-0.15, -0.1) is 0 Å². The Balaban J connectivity index is -0.000000688. The van der Waals surface area contributed by atoms with E-state index < -0.39 is 11.9 Å². The minimum atomic E-state index is -0.903. The minimum absolute atomic E-state index is 0. The van der Waals surface area contributed by atoms with Gasteiger partial charge in [0, 0.05) is 11.9 Å². The van der Waals surface area contributed by atoms with E-state index >= 15 is 0 Å². The maximum absolute atomic E-state index is 10.2. The summed E-state index contributed by atoms with van der Waals surface area (Å²) in [7, 11) is 0. The Labute approximate surface area is 270 Å². The van der Waals surface area contributed by atoms with Crippen LogP contribution in [-0.4, -0.2) is 11.9 Å². The molecule has 41 heavy (non-hydrogen) atoms. The molecule has 4 nitrogen and oxygen atoms in total. The van der Waals surface area contributed by atoms with Gasteiger partial charge >= 0.3 is 20.4 Å². The molecule has 0 aromatic rings. The Bertz CT molecular complexity index is 454. The van der Waals surface area contributed by atoms with Gasteiger partial charge in [-0.2, -0.15) is 0 Å². The zero-order valence-corrected chi connectivity index (χ0v) is 29.1. The first-order valence-electron chi connectivity index (χ1n) is 17.9. The third-order valence-corrected chi connectivity index (χ3v) is 7.97. The summed E-state index contributed by atoms with van der Waals surface area (Å²) in [6.45, 7) is 4.53. The van der Waals surface area contributed by atoms with Gasteiger partial charge in [-0.1, -0.05) is 194 Å². The average Bonchev–Trinajstić information content (AvgIpc) is 2.93. The first kappa shape index (κ1) is 45.0. The molecule has 0 N–H and O–H groups in total. The summed E-state index contributed by atoms with van der Waals surface area (Å²) in [5.41, 5.74) is 0. The average molecular weight is 673 g/mol. The van der Waals surface area contributed by atoms with Crippen LogP contribution in [0.4, 0.5) is 0 Å². The van der Waals surface area contributed by atoms with E-state index in [4.69, 9.17) is 0 Å². The van der Waals surface area contributed by atoms with E-state index in [2.05, 4.69) is 13.8 Å². The molecule has 0 aromatic heterocycles. The molecular formula is C36H70O4Pd. The van der Waals surface area contributed by atoms with Crippen LogP contribution in [0, 0.1) is 0 Å². The van der Waals surface area contributed by atoms with Crippen molar-refractivity contribution in [3.63, 3.8) is 0 Å². The van der Waals surface area contributed by atoms with Gasteiger partial charge < -0.3 is 19.8 Å². The van der Waals surface area contributed by atoms with Gasteiger partial charge in [0.05, 0.1) is 0 Å². The van der Waals surface area contributed by atoms with Gasteiger partial charge in [0.15, 0.2) is 0 Å². The molecule has 0 aliphatic carbocycles. The van der Waals surface area contributed by atoms with Crippen LogP contribution < -0.4 is 10.2 Å². The molecule has 0 unspecified atom stereocenters.